The van der Waals surface area contributed by atoms with Crippen LogP contribution < -0.4 is 15.5 Å². The van der Waals surface area contributed by atoms with E-state index in [0.717, 1.165) is 55.0 Å². The van der Waals surface area contributed by atoms with Crippen molar-refractivity contribution in [2.24, 2.45) is 4.99 Å². The molecule has 0 unspecified atom stereocenters. The number of pyridine rings is 1. The first-order valence-corrected chi connectivity index (χ1v) is 9.94. The van der Waals surface area contributed by atoms with Crippen LogP contribution in [0.2, 0.25) is 0 Å². The predicted octanol–water partition coefficient (Wildman–Crippen LogP) is 2.80. The molecule has 0 saturated carbocycles. The molecule has 1 aliphatic rings. The Labute approximate surface area is 159 Å². The molecule has 1 fully saturated rings. The molecule has 0 bridgehead atoms. The van der Waals surface area contributed by atoms with Crippen LogP contribution in [0, 0.1) is 20.8 Å². The van der Waals surface area contributed by atoms with Gasteiger partial charge in [-0.25, -0.2) is 9.97 Å². The summed E-state index contributed by atoms with van der Waals surface area (Å²) in [5, 5.41) is 8.09. The molecule has 0 radical (unpaired) electrons. The van der Waals surface area contributed by atoms with Gasteiger partial charge >= 0.3 is 0 Å². The number of hydrogen-bond donors (Lipinski definition) is 2. The fourth-order valence-corrected chi connectivity index (χ4v) is 4.07. The number of rotatable bonds is 4. The summed E-state index contributed by atoms with van der Waals surface area (Å²) in [4.78, 5) is 17.0. The van der Waals surface area contributed by atoms with Crippen molar-refractivity contribution in [3.05, 3.63) is 39.5 Å². The fraction of sp³-hybridized carbons (Fsp3) is 0.526. The van der Waals surface area contributed by atoms with E-state index in [2.05, 4.69) is 56.5 Å². The lowest BCUT2D eigenvalue weighted by molar-refractivity contribution is 0.459. The molecule has 0 aromatic carbocycles. The standard InChI is InChI=1S/C19H28N6S/c1-13-5-6-18(21-11-13)25-9-7-16(8-10-25)24-19(20-4)22-12-17-14(2)23-15(3)26-17/h5-6,11,16H,7-10,12H2,1-4H3,(H2,20,22,24). The Kier molecular flexibility index (Phi) is 6.08. The lowest BCUT2D eigenvalue weighted by Gasteiger charge is -2.33. The number of anilines is 1. The maximum Gasteiger partial charge on any atom is 0.191 e. The summed E-state index contributed by atoms with van der Waals surface area (Å²) in [5.74, 6) is 1.94. The van der Waals surface area contributed by atoms with E-state index in [4.69, 9.17) is 0 Å². The van der Waals surface area contributed by atoms with Gasteiger partial charge in [0.1, 0.15) is 5.82 Å². The fourth-order valence-electron chi connectivity index (χ4n) is 3.19. The van der Waals surface area contributed by atoms with Crippen molar-refractivity contribution in [1.29, 1.82) is 0 Å². The molecule has 0 aliphatic carbocycles. The largest absolute Gasteiger partial charge is 0.356 e. The summed E-state index contributed by atoms with van der Waals surface area (Å²) < 4.78 is 0. The maximum absolute atomic E-state index is 4.54. The summed E-state index contributed by atoms with van der Waals surface area (Å²) >= 11 is 1.74. The summed E-state index contributed by atoms with van der Waals surface area (Å²) in [6.07, 6.45) is 4.10. The van der Waals surface area contributed by atoms with Crippen molar-refractivity contribution < 1.29 is 0 Å². The lowest BCUT2D eigenvalue weighted by Crippen LogP contribution is -2.48. The zero-order valence-corrected chi connectivity index (χ0v) is 16.9. The number of hydrogen-bond acceptors (Lipinski definition) is 5. The van der Waals surface area contributed by atoms with Crippen LogP contribution in [0.3, 0.4) is 0 Å². The Hall–Kier alpha value is -2.15. The molecule has 2 aromatic rings. The van der Waals surface area contributed by atoms with Gasteiger partial charge in [0.15, 0.2) is 5.96 Å². The first-order chi connectivity index (χ1) is 12.5. The minimum absolute atomic E-state index is 0.437. The van der Waals surface area contributed by atoms with E-state index in [-0.39, 0.29) is 0 Å². The molecule has 0 spiro atoms. The van der Waals surface area contributed by atoms with Crippen molar-refractivity contribution in [2.45, 2.75) is 46.2 Å². The number of guanidine groups is 1. The van der Waals surface area contributed by atoms with Gasteiger partial charge in [-0.1, -0.05) is 6.07 Å². The second-order valence-electron chi connectivity index (χ2n) is 6.77. The molecule has 26 heavy (non-hydrogen) atoms. The van der Waals surface area contributed by atoms with Gasteiger partial charge in [0.2, 0.25) is 0 Å². The number of thiazole rings is 1. The zero-order valence-electron chi connectivity index (χ0n) is 16.0. The van der Waals surface area contributed by atoms with Gasteiger partial charge < -0.3 is 15.5 Å². The monoisotopic (exact) mass is 372 g/mol. The Balaban J connectivity index is 1.48. The van der Waals surface area contributed by atoms with Gasteiger partial charge in [0.25, 0.3) is 0 Å². The number of nitrogens with one attached hydrogen (secondary N) is 2. The van der Waals surface area contributed by atoms with Crippen molar-refractivity contribution in [3.8, 4) is 0 Å². The molecule has 1 aliphatic heterocycles. The number of nitrogens with zero attached hydrogens (tertiary/aromatic N) is 4. The Bertz CT molecular complexity index is 744. The van der Waals surface area contributed by atoms with Gasteiger partial charge in [-0.15, -0.1) is 11.3 Å². The number of aliphatic imine (C=N–C) groups is 1. The van der Waals surface area contributed by atoms with Crippen molar-refractivity contribution in [3.63, 3.8) is 0 Å². The van der Waals surface area contributed by atoms with E-state index < -0.39 is 0 Å². The Morgan fingerprint density at radius 2 is 2.04 bits per heavy atom. The molecule has 3 heterocycles. The zero-order chi connectivity index (χ0) is 18.5. The van der Waals surface area contributed by atoms with Crippen LogP contribution in [0.15, 0.2) is 23.3 Å². The molecular formula is C19H28N6S. The first-order valence-electron chi connectivity index (χ1n) is 9.13. The SMILES string of the molecule is CN=C(NCc1sc(C)nc1C)NC1CCN(c2ccc(C)cn2)CC1. The molecule has 6 nitrogen and oxygen atoms in total. The van der Waals surface area contributed by atoms with Crippen LogP contribution in [0.25, 0.3) is 0 Å². The molecule has 140 valence electrons. The minimum atomic E-state index is 0.437. The third kappa shape index (κ3) is 4.72. The second-order valence-corrected chi connectivity index (χ2v) is 8.05. The lowest BCUT2D eigenvalue weighted by atomic mass is 10.1. The van der Waals surface area contributed by atoms with Crippen molar-refractivity contribution in [1.82, 2.24) is 20.6 Å². The molecule has 0 atom stereocenters. The molecule has 3 rings (SSSR count). The van der Waals surface area contributed by atoms with E-state index in [9.17, 15) is 0 Å². The average Bonchev–Trinajstić information content (AvgIpc) is 2.97. The van der Waals surface area contributed by atoms with E-state index in [1.807, 2.05) is 20.2 Å². The van der Waals surface area contributed by atoms with E-state index in [1.165, 1.54) is 10.4 Å². The van der Waals surface area contributed by atoms with Crippen LogP contribution >= 0.6 is 11.3 Å². The molecule has 1 saturated heterocycles. The average molecular weight is 373 g/mol. The quantitative estimate of drug-likeness (QED) is 0.638. The van der Waals surface area contributed by atoms with Crippen molar-refractivity contribution in [2.75, 3.05) is 25.0 Å². The Morgan fingerprint density at radius 1 is 1.27 bits per heavy atom. The van der Waals surface area contributed by atoms with Gasteiger partial charge in [-0.05, 0) is 45.2 Å². The highest BCUT2D eigenvalue weighted by atomic mass is 32.1. The van der Waals surface area contributed by atoms with Crippen LogP contribution in [0.1, 0.15) is 34.0 Å². The summed E-state index contributed by atoms with van der Waals surface area (Å²) in [6, 6.07) is 4.68. The van der Waals surface area contributed by atoms with Crippen LogP contribution in [0.4, 0.5) is 5.82 Å². The van der Waals surface area contributed by atoms with Crippen LogP contribution in [-0.2, 0) is 6.54 Å². The van der Waals surface area contributed by atoms with E-state index >= 15 is 0 Å². The molecule has 2 aromatic heterocycles. The third-order valence-corrected chi connectivity index (χ3v) is 5.77. The highest BCUT2D eigenvalue weighted by Crippen LogP contribution is 2.18. The summed E-state index contributed by atoms with van der Waals surface area (Å²) in [6.45, 7) is 8.97. The minimum Gasteiger partial charge on any atom is -0.356 e. The maximum atomic E-state index is 4.54. The van der Waals surface area contributed by atoms with Crippen molar-refractivity contribution >= 4 is 23.1 Å². The molecular weight excluding hydrogens is 344 g/mol. The highest BCUT2D eigenvalue weighted by Gasteiger charge is 2.21. The van der Waals surface area contributed by atoms with Gasteiger partial charge in [0, 0.05) is 37.3 Å². The normalized spacial score (nSPS) is 16.0. The Morgan fingerprint density at radius 3 is 2.62 bits per heavy atom. The highest BCUT2D eigenvalue weighted by molar-refractivity contribution is 7.11. The first kappa shape index (κ1) is 18.6. The second kappa shape index (κ2) is 8.49. The van der Waals surface area contributed by atoms with Gasteiger partial charge in [0.05, 0.1) is 17.2 Å². The van der Waals surface area contributed by atoms with Gasteiger partial charge in [-0.3, -0.25) is 4.99 Å². The topological polar surface area (TPSA) is 65.4 Å². The number of piperidine rings is 1. The number of aryl methyl sites for hydroxylation is 3. The van der Waals surface area contributed by atoms with Crippen LogP contribution in [-0.4, -0.2) is 42.1 Å². The smallest absolute Gasteiger partial charge is 0.191 e. The molecule has 7 heteroatoms. The molecule has 0 amide bonds. The van der Waals surface area contributed by atoms with Gasteiger partial charge in [-0.2, -0.15) is 0 Å². The van der Waals surface area contributed by atoms with E-state index in [0.29, 0.717) is 6.04 Å². The summed E-state index contributed by atoms with van der Waals surface area (Å²) in [5.41, 5.74) is 2.31. The summed E-state index contributed by atoms with van der Waals surface area (Å²) in [7, 11) is 1.82. The number of aromatic nitrogens is 2. The third-order valence-electron chi connectivity index (χ3n) is 4.70. The van der Waals surface area contributed by atoms with E-state index in [1.54, 1.807) is 11.3 Å². The van der Waals surface area contributed by atoms with Crippen LogP contribution in [0.5, 0.6) is 0 Å². The molecule has 2 N–H and O–H groups in total. The predicted molar refractivity (Wildman–Crippen MR) is 109 cm³/mol.